The van der Waals surface area contributed by atoms with Crippen molar-refractivity contribution in [2.45, 2.75) is 182 Å². The summed E-state index contributed by atoms with van der Waals surface area (Å²) in [6.07, 6.45) is 16.9. The minimum absolute atomic E-state index is 0.728. The van der Waals surface area contributed by atoms with Crippen LogP contribution in [0.1, 0.15) is 157 Å². The summed E-state index contributed by atoms with van der Waals surface area (Å²) in [5.41, 5.74) is 1.25. The van der Waals surface area contributed by atoms with Gasteiger partial charge in [-0.25, -0.2) is 0 Å². The summed E-state index contributed by atoms with van der Waals surface area (Å²) in [5, 5.41) is 21.3. The molecule has 2 N–H and O–H groups in total. The topological polar surface area (TPSA) is 58.9 Å². The van der Waals surface area contributed by atoms with E-state index in [0.29, 0.717) is 0 Å². The first-order valence-electron chi connectivity index (χ1n) is 16.2. The van der Waals surface area contributed by atoms with Crippen molar-refractivity contribution in [3.05, 3.63) is 23.3 Å². The molecule has 0 aliphatic rings. The number of aryl methyl sites for hydroxylation is 2. The van der Waals surface area contributed by atoms with Crippen LogP contribution in [-0.4, -0.2) is 47.6 Å². The number of hydrogen-bond acceptors (Lipinski definition) is 4. The number of benzene rings is 1. The molecule has 0 bridgehead atoms. The second kappa shape index (κ2) is 17.3. The maximum atomic E-state index is 10.7. The SMILES string of the molecule is CCCCCCCCc1cc([B]OC(C)(C)C(C)(C)O)c(CCCCCCCC)cc1[B]OC(C)(C)C(C)(C)O. The molecule has 1 aromatic carbocycles. The Bertz CT molecular complexity index is 768. The van der Waals surface area contributed by atoms with E-state index in [-0.39, 0.29) is 0 Å². The fourth-order valence-corrected chi connectivity index (χ4v) is 4.28. The van der Waals surface area contributed by atoms with E-state index in [4.69, 9.17) is 9.31 Å². The van der Waals surface area contributed by atoms with Gasteiger partial charge in [0.05, 0.1) is 22.4 Å². The van der Waals surface area contributed by atoms with Gasteiger partial charge in [-0.15, -0.1) is 0 Å². The van der Waals surface area contributed by atoms with Gasteiger partial charge >= 0.3 is 15.0 Å². The van der Waals surface area contributed by atoms with Crippen LogP contribution < -0.4 is 10.9 Å². The van der Waals surface area contributed by atoms with Gasteiger partial charge in [0.1, 0.15) is 0 Å². The Labute approximate surface area is 250 Å². The first-order chi connectivity index (χ1) is 18.6. The third-order valence-corrected chi connectivity index (χ3v) is 8.91. The van der Waals surface area contributed by atoms with Gasteiger partial charge in [0.25, 0.3) is 0 Å². The van der Waals surface area contributed by atoms with Gasteiger partial charge in [-0.05, 0) is 81.1 Å². The molecule has 0 amide bonds. The zero-order valence-corrected chi connectivity index (χ0v) is 27.9. The third kappa shape index (κ3) is 13.0. The van der Waals surface area contributed by atoms with Crippen molar-refractivity contribution in [2.75, 3.05) is 0 Å². The highest BCUT2D eigenvalue weighted by Crippen LogP contribution is 2.26. The maximum Gasteiger partial charge on any atom is 0.331 e. The van der Waals surface area contributed by atoms with Crippen LogP contribution in [0.25, 0.3) is 0 Å². The number of rotatable bonds is 22. The number of aliphatic hydroxyl groups is 2. The van der Waals surface area contributed by atoms with E-state index in [9.17, 15) is 10.2 Å². The standard InChI is InChI=1S/C34H62B2O4/c1-11-13-15-17-19-21-23-27-25-30(36-40-34(9,10)32(5,6)38)28(24-22-20-18-16-14-12-2)26-29(27)35-39-33(7,8)31(3,4)37/h25-26,37-38H,11-24H2,1-10H3. The minimum Gasteiger partial charge on any atom is -0.427 e. The van der Waals surface area contributed by atoms with Crippen LogP contribution >= 0.6 is 0 Å². The molecule has 0 aliphatic carbocycles. The molecule has 1 aromatic rings. The van der Waals surface area contributed by atoms with Gasteiger partial charge in [0, 0.05) is 0 Å². The molecule has 0 spiro atoms. The van der Waals surface area contributed by atoms with Crippen molar-refractivity contribution < 1.29 is 19.5 Å². The van der Waals surface area contributed by atoms with Gasteiger partial charge in [0.15, 0.2) is 0 Å². The largest absolute Gasteiger partial charge is 0.427 e. The van der Waals surface area contributed by atoms with E-state index in [0.717, 1.165) is 36.6 Å². The van der Waals surface area contributed by atoms with Crippen LogP contribution in [0.3, 0.4) is 0 Å². The van der Waals surface area contributed by atoms with E-state index < -0.39 is 22.4 Å². The molecule has 0 atom stereocenters. The van der Waals surface area contributed by atoms with Crippen molar-refractivity contribution >= 4 is 25.9 Å². The van der Waals surface area contributed by atoms with Crippen LogP contribution in [0.2, 0.25) is 0 Å². The summed E-state index contributed by atoms with van der Waals surface area (Å²) >= 11 is 0. The molecule has 0 saturated heterocycles. The van der Waals surface area contributed by atoms with E-state index in [2.05, 4.69) is 26.0 Å². The van der Waals surface area contributed by atoms with Crippen molar-refractivity contribution in [1.82, 2.24) is 0 Å². The molecule has 1 rings (SSSR count). The van der Waals surface area contributed by atoms with Gasteiger partial charge in [0.2, 0.25) is 0 Å². The minimum atomic E-state index is -0.978. The Balaban J connectivity index is 3.26. The summed E-state index contributed by atoms with van der Waals surface area (Å²) in [4.78, 5) is 0. The van der Waals surface area contributed by atoms with E-state index >= 15 is 0 Å². The monoisotopic (exact) mass is 556 g/mol. The average Bonchev–Trinajstić information content (AvgIpc) is 2.85. The predicted molar refractivity (Wildman–Crippen MR) is 174 cm³/mol. The molecular formula is C34H62B2O4. The van der Waals surface area contributed by atoms with Crippen LogP contribution in [0.15, 0.2) is 12.1 Å². The smallest absolute Gasteiger partial charge is 0.331 e. The summed E-state index contributed by atoms with van der Waals surface area (Å²) in [6.45, 7) is 19.4. The van der Waals surface area contributed by atoms with Crippen molar-refractivity contribution in [3.63, 3.8) is 0 Å². The number of hydrogen-bond donors (Lipinski definition) is 2. The lowest BCUT2D eigenvalue weighted by Gasteiger charge is -2.38. The summed E-state index contributed by atoms with van der Waals surface area (Å²) in [5.74, 6) is 0. The van der Waals surface area contributed by atoms with Crippen LogP contribution in [0.5, 0.6) is 0 Å². The number of unbranched alkanes of at least 4 members (excludes halogenated alkanes) is 10. The molecular weight excluding hydrogens is 494 g/mol. The molecule has 0 saturated carbocycles. The first-order valence-corrected chi connectivity index (χ1v) is 16.2. The molecule has 2 radical (unpaired) electrons. The molecule has 0 heterocycles. The second-order valence-corrected chi connectivity index (χ2v) is 13.9. The fraction of sp³-hybridized carbons (Fsp3) is 0.824. The van der Waals surface area contributed by atoms with Gasteiger partial charge in [-0.3, -0.25) is 0 Å². The quantitative estimate of drug-likeness (QED) is 0.118. The summed E-state index contributed by atoms with van der Waals surface area (Å²) in [7, 11) is 3.72. The van der Waals surface area contributed by atoms with Crippen LogP contribution in [0.4, 0.5) is 0 Å². The highest BCUT2D eigenvalue weighted by molar-refractivity contribution is 6.50. The Morgan fingerprint density at radius 1 is 0.525 bits per heavy atom. The zero-order valence-electron chi connectivity index (χ0n) is 27.9. The molecule has 0 fully saturated rings. The molecule has 6 heteroatoms. The van der Waals surface area contributed by atoms with Crippen LogP contribution in [0, 0.1) is 0 Å². The van der Waals surface area contributed by atoms with E-state index in [1.807, 2.05) is 42.7 Å². The Morgan fingerprint density at radius 2 is 0.825 bits per heavy atom. The average molecular weight is 556 g/mol. The van der Waals surface area contributed by atoms with Gasteiger partial charge in [-0.1, -0.05) is 112 Å². The molecule has 0 aromatic heterocycles. The summed E-state index contributed by atoms with van der Waals surface area (Å²) in [6, 6.07) is 4.54. The first kappa shape index (κ1) is 37.2. The lowest BCUT2D eigenvalue weighted by molar-refractivity contribution is -0.0893. The zero-order chi connectivity index (χ0) is 30.5. The van der Waals surface area contributed by atoms with Crippen molar-refractivity contribution in [3.8, 4) is 0 Å². The molecule has 4 nitrogen and oxygen atoms in total. The highest BCUT2D eigenvalue weighted by Gasteiger charge is 2.37. The Hall–Kier alpha value is -0.810. The molecule has 40 heavy (non-hydrogen) atoms. The van der Waals surface area contributed by atoms with E-state index in [1.54, 1.807) is 27.7 Å². The Morgan fingerprint density at radius 3 is 1.12 bits per heavy atom. The predicted octanol–water partition coefficient (Wildman–Crippen LogP) is 7.11. The molecule has 228 valence electrons. The Kier molecular flexibility index (Phi) is 16.1. The van der Waals surface area contributed by atoms with Gasteiger partial charge < -0.3 is 19.5 Å². The van der Waals surface area contributed by atoms with Crippen molar-refractivity contribution in [1.29, 1.82) is 0 Å². The van der Waals surface area contributed by atoms with Gasteiger partial charge in [-0.2, -0.15) is 0 Å². The lowest BCUT2D eigenvalue weighted by Crippen LogP contribution is -2.50. The second-order valence-electron chi connectivity index (χ2n) is 13.9. The highest BCUT2D eigenvalue weighted by atomic mass is 16.5. The maximum absolute atomic E-state index is 10.7. The van der Waals surface area contributed by atoms with E-state index in [1.165, 1.54) is 75.3 Å². The van der Waals surface area contributed by atoms with Crippen molar-refractivity contribution in [2.24, 2.45) is 0 Å². The van der Waals surface area contributed by atoms with Crippen LogP contribution in [-0.2, 0) is 22.2 Å². The summed E-state index contributed by atoms with van der Waals surface area (Å²) < 4.78 is 12.5. The molecule has 0 aliphatic heterocycles. The third-order valence-electron chi connectivity index (χ3n) is 8.91. The molecule has 0 unspecified atom stereocenters. The lowest BCUT2D eigenvalue weighted by atomic mass is 9.72. The normalized spacial score (nSPS) is 13.1. The fourth-order valence-electron chi connectivity index (χ4n) is 4.28.